The Labute approximate surface area is 93.6 Å². The smallest absolute Gasteiger partial charge is 0.269 e. The Bertz CT molecular complexity index is 371. The highest BCUT2D eigenvalue weighted by Gasteiger charge is 2.28. The van der Waals surface area contributed by atoms with Gasteiger partial charge in [-0.3, -0.25) is 10.1 Å². The summed E-state index contributed by atoms with van der Waals surface area (Å²) in [6.07, 6.45) is 2.34. The molecule has 5 heteroatoms. The minimum absolute atomic E-state index is 0.119. The first-order chi connectivity index (χ1) is 7.69. The van der Waals surface area contributed by atoms with Gasteiger partial charge in [0.1, 0.15) is 0 Å². The molecular formula is C11H14N2O3. The van der Waals surface area contributed by atoms with Gasteiger partial charge in [-0.1, -0.05) is 0 Å². The zero-order valence-corrected chi connectivity index (χ0v) is 9.05. The summed E-state index contributed by atoms with van der Waals surface area (Å²) in [6, 6.07) is 6.91. The molecule has 0 amide bonds. The van der Waals surface area contributed by atoms with Crippen molar-refractivity contribution in [3.8, 4) is 0 Å². The lowest BCUT2D eigenvalue weighted by atomic mass is 9.89. The highest BCUT2D eigenvalue weighted by atomic mass is 16.6. The fraction of sp³-hybridized carbons (Fsp3) is 0.455. The summed E-state index contributed by atoms with van der Waals surface area (Å²) in [6.45, 7) is 0. The van der Waals surface area contributed by atoms with Crippen molar-refractivity contribution in [3.63, 3.8) is 0 Å². The largest absolute Gasteiger partial charge is 0.382 e. The lowest BCUT2D eigenvalue weighted by molar-refractivity contribution is -0.384. The van der Waals surface area contributed by atoms with Gasteiger partial charge in [-0.05, 0) is 25.0 Å². The zero-order chi connectivity index (χ0) is 11.5. The molecule has 5 nitrogen and oxygen atoms in total. The summed E-state index contributed by atoms with van der Waals surface area (Å²) in [5.74, 6) is 0. The fourth-order valence-corrected chi connectivity index (χ4v) is 1.79. The lowest BCUT2D eigenvalue weighted by Gasteiger charge is -2.35. The molecule has 0 spiro atoms. The number of methoxy groups -OCH3 is 1. The standard InChI is InChI=1S/C11H14N2O3/c1-16-11-6-9(7-11)12-8-2-4-10(5-3-8)13(14)15/h2-5,9,11-12H,6-7H2,1H3. The van der Waals surface area contributed by atoms with E-state index < -0.39 is 4.92 Å². The predicted molar refractivity (Wildman–Crippen MR) is 60.5 cm³/mol. The molecule has 0 atom stereocenters. The van der Waals surface area contributed by atoms with Crippen LogP contribution in [0.25, 0.3) is 0 Å². The third-order valence-corrected chi connectivity index (χ3v) is 2.88. The van der Waals surface area contributed by atoms with E-state index in [1.165, 1.54) is 12.1 Å². The van der Waals surface area contributed by atoms with E-state index in [0.29, 0.717) is 12.1 Å². The van der Waals surface area contributed by atoms with Gasteiger partial charge >= 0.3 is 0 Å². The molecule has 1 saturated carbocycles. The molecule has 1 aromatic carbocycles. The molecule has 2 rings (SSSR count). The van der Waals surface area contributed by atoms with Gasteiger partial charge in [-0.25, -0.2) is 0 Å². The molecule has 1 N–H and O–H groups in total. The average Bonchev–Trinajstić information content (AvgIpc) is 2.23. The van der Waals surface area contributed by atoms with Crippen LogP contribution in [0.5, 0.6) is 0 Å². The van der Waals surface area contributed by atoms with Gasteiger partial charge in [0.2, 0.25) is 0 Å². The van der Waals surface area contributed by atoms with Crippen molar-refractivity contribution in [2.45, 2.75) is 25.0 Å². The highest BCUT2D eigenvalue weighted by Crippen LogP contribution is 2.26. The van der Waals surface area contributed by atoms with Gasteiger partial charge in [0, 0.05) is 31.0 Å². The molecule has 1 aliphatic carbocycles. The van der Waals surface area contributed by atoms with Crippen molar-refractivity contribution >= 4 is 11.4 Å². The molecule has 86 valence electrons. The third-order valence-electron chi connectivity index (χ3n) is 2.88. The van der Waals surface area contributed by atoms with Crippen LogP contribution in [0.15, 0.2) is 24.3 Å². The van der Waals surface area contributed by atoms with Crippen molar-refractivity contribution in [1.29, 1.82) is 0 Å². The molecule has 0 radical (unpaired) electrons. The molecule has 0 aliphatic heterocycles. The number of hydrogen-bond donors (Lipinski definition) is 1. The Kier molecular flexibility index (Phi) is 3.05. The normalized spacial score (nSPS) is 23.6. The SMILES string of the molecule is COC1CC(Nc2ccc([N+](=O)[O-])cc2)C1. The van der Waals surface area contributed by atoms with E-state index in [-0.39, 0.29) is 5.69 Å². The number of nitro groups is 1. The van der Waals surface area contributed by atoms with Crippen molar-refractivity contribution in [1.82, 2.24) is 0 Å². The molecule has 0 unspecified atom stereocenters. The Balaban J connectivity index is 1.89. The van der Waals surface area contributed by atoms with Gasteiger partial charge in [0.15, 0.2) is 0 Å². The predicted octanol–water partition coefficient (Wildman–Crippen LogP) is 2.18. The van der Waals surface area contributed by atoms with Gasteiger partial charge in [0.05, 0.1) is 11.0 Å². The van der Waals surface area contributed by atoms with Crippen LogP contribution in [-0.4, -0.2) is 24.2 Å². The van der Waals surface area contributed by atoms with E-state index in [4.69, 9.17) is 4.74 Å². The first-order valence-electron chi connectivity index (χ1n) is 5.23. The summed E-state index contributed by atoms with van der Waals surface area (Å²) in [5.41, 5.74) is 1.04. The van der Waals surface area contributed by atoms with Crippen molar-refractivity contribution < 1.29 is 9.66 Å². The number of rotatable bonds is 4. The Morgan fingerprint density at radius 2 is 2.00 bits per heavy atom. The van der Waals surface area contributed by atoms with Crippen LogP contribution in [0.3, 0.4) is 0 Å². The third kappa shape index (κ3) is 2.30. The van der Waals surface area contributed by atoms with Gasteiger partial charge in [-0.15, -0.1) is 0 Å². The fourth-order valence-electron chi connectivity index (χ4n) is 1.79. The molecule has 0 aromatic heterocycles. The maximum atomic E-state index is 10.5. The van der Waals surface area contributed by atoms with Crippen LogP contribution in [0.1, 0.15) is 12.8 Å². The number of ether oxygens (including phenoxy) is 1. The van der Waals surface area contributed by atoms with Crippen LogP contribution in [0, 0.1) is 10.1 Å². The van der Waals surface area contributed by atoms with Crippen LogP contribution in [-0.2, 0) is 4.74 Å². The van der Waals surface area contributed by atoms with E-state index in [1.807, 2.05) is 0 Å². The van der Waals surface area contributed by atoms with E-state index in [9.17, 15) is 10.1 Å². The molecule has 1 aromatic rings. The zero-order valence-electron chi connectivity index (χ0n) is 9.05. The molecule has 0 saturated heterocycles. The molecule has 1 aliphatic rings. The maximum absolute atomic E-state index is 10.5. The molecule has 16 heavy (non-hydrogen) atoms. The van der Waals surface area contributed by atoms with Gasteiger partial charge in [-0.2, -0.15) is 0 Å². The van der Waals surface area contributed by atoms with Crippen LogP contribution in [0.2, 0.25) is 0 Å². The summed E-state index contributed by atoms with van der Waals surface area (Å²) in [7, 11) is 1.72. The molecule has 0 heterocycles. The number of hydrogen-bond acceptors (Lipinski definition) is 4. The number of non-ortho nitro benzene ring substituents is 1. The Morgan fingerprint density at radius 3 is 2.50 bits per heavy atom. The first-order valence-corrected chi connectivity index (χ1v) is 5.23. The monoisotopic (exact) mass is 222 g/mol. The maximum Gasteiger partial charge on any atom is 0.269 e. The summed E-state index contributed by atoms with van der Waals surface area (Å²) < 4.78 is 5.18. The van der Waals surface area contributed by atoms with E-state index >= 15 is 0 Å². The van der Waals surface area contributed by atoms with Gasteiger partial charge < -0.3 is 10.1 Å². The Morgan fingerprint density at radius 1 is 1.38 bits per heavy atom. The number of nitrogens with one attached hydrogen (secondary N) is 1. The van der Waals surface area contributed by atoms with Crippen LogP contribution in [0.4, 0.5) is 11.4 Å². The van der Waals surface area contributed by atoms with E-state index in [0.717, 1.165) is 18.5 Å². The van der Waals surface area contributed by atoms with E-state index in [1.54, 1.807) is 19.2 Å². The topological polar surface area (TPSA) is 64.4 Å². The number of nitro benzene ring substituents is 1. The second kappa shape index (κ2) is 4.49. The molecular weight excluding hydrogens is 208 g/mol. The van der Waals surface area contributed by atoms with E-state index in [2.05, 4.69) is 5.32 Å². The quantitative estimate of drug-likeness (QED) is 0.626. The average molecular weight is 222 g/mol. The molecule has 1 fully saturated rings. The minimum atomic E-state index is -0.395. The van der Waals surface area contributed by atoms with Gasteiger partial charge in [0.25, 0.3) is 5.69 Å². The highest BCUT2D eigenvalue weighted by molar-refractivity contribution is 5.49. The minimum Gasteiger partial charge on any atom is -0.382 e. The lowest BCUT2D eigenvalue weighted by Crippen LogP contribution is -2.40. The van der Waals surface area contributed by atoms with Crippen LogP contribution >= 0.6 is 0 Å². The summed E-state index contributed by atoms with van der Waals surface area (Å²) >= 11 is 0. The van der Waals surface area contributed by atoms with Crippen LogP contribution < -0.4 is 5.32 Å². The molecule has 0 bridgehead atoms. The van der Waals surface area contributed by atoms with Crippen molar-refractivity contribution in [3.05, 3.63) is 34.4 Å². The number of benzene rings is 1. The number of anilines is 1. The van der Waals surface area contributed by atoms with Crippen molar-refractivity contribution in [2.75, 3.05) is 12.4 Å². The Hall–Kier alpha value is -1.62. The summed E-state index contributed by atoms with van der Waals surface area (Å²) in [4.78, 5) is 10.1. The second-order valence-electron chi connectivity index (χ2n) is 3.97. The second-order valence-corrected chi connectivity index (χ2v) is 3.97. The summed E-state index contributed by atoms with van der Waals surface area (Å²) in [5, 5.41) is 13.8. The van der Waals surface area contributed by atoms with Crippen molar-refractivity contribution in [2.24, 2.45) is 0 Å². The number of nitrogens with zero attached hydrogens (tertiary/aromatic N) is 1. The first kappa shape index (κ1) is 10.9.